The highest BCUT2D eigenvalue weighted by Gasteiger charge is 2.18. The first-order chi connectivity index (χ1) is 10.7. The second-order valence-corrected chi connectivity index (χ2v) is 6.20. The van der Waals surface area contributed by atoms with Crippen LogP contribution in [0.1, 0.15) is 38.7 Å². The number of piperidine rings is 1. The van der Waals surface area contributed by atoms with E-state index in [1.54, 1.807) is 12.1 Å². The first kappa shape index (κ1) is 16.7. The average molecular weight is 303 g/mol. The van der Waals surface area contributed by atoms with Gasteiger partial charge in [-0.25, -0.2) is 0 Å². The highest BCUT2D eigenvalue weighted by atomic mass is 16.3. The predicted octanol–water partition coefficient (Wildman–Crippen LogP) is 3.02. The first-order valence-electron chi connectivity index (χ1n) is 8.50. The highest BCUT2D eigenvalue weighted by Crippen LogP contribution is 2.15. The zero-order valence-electron chi connectivity index (χ0n) is 13.9. The maximum Gasteiger partial charge on any atom is 0.193 e. The molecular formula is C18H29N3O. The highest BCUT2D eigenvalue weighted by molar-refractivity contribution is 5.80. The topological polar surface area (TPSA) is 47.9 Å². The number of aromatic hydroxyl groups is 1. The third-order valence-corrected chi connectivity index (χ3v) is 4.11. The maximum absolute atomic E-state index is 9.29. The van der Waals surface area contributed by atoms with E-state index in [1.165, 1.54) is 18.4 Å². The normalized spacial score (nSPS) is 19.3. The summed E-state index contributed by atoms with van der Waals surface area (Å²) in [7, 11) is 0. The summed E-state index contributed by atoms with van der Waals surface area (Å²) in [6.45, 7) is 8.44. The van der Waals surface area contributed by atoms with Gasteiger partial charge in [-0.15, -0.1) is 0 Å². The van der Waals surface area contributed by atoms with Crippen molar-refractivity contribution in [1.29, 1.82) is 0 Å². The van der Waals surface area contributed by atoms with Crippen molar-refractivity contribution >= 4 is 5.96 Å². The van der Waals surface area contributed by atoms with Crippen LogP contribution in [0.4, 0.5) is 0 Å². The van der Waals surface area contributed by atoms with Crippen LogP contribution in [0.15, 0.2) is 29.3 Å². The largest absolute Gasteiger partial charge is 0.508 e. The number of aryl methyl sites for hydroxylation is 1. The summed E-state index contributed by atoms with van der Waals surface area (Å²) in [5, 5.41) is 12.7. The Morgan fingerprint density at radius 1 is 1.36 bits per heavy atom. The van der Waals surface area contributed by atoms with Gasteiger partial charge >= 0.3 is 0 Å². The number of hydrogen-bond donors (Lipinski definition) is 2. The Bertz CT molecular complexity index is 470. The second kappa shape index (κ2) is 8.66. The summed E-state index contributed by atoms with van der Waals surface area (Å²) in [6.07, 6.45) is 4.62. The van der Waals surface area contributed by atoms with Crippen molar-refractivity contribution in [2.75, 3.05) is 26.2 Å². The van der Waals surface area contributed by atoms with E-state index in [1.807, 2.05) is 12.1 Å². The summed E-state index contributed by atoms with van der Waals surface area (Å²) in [5.74, 6) is 2.16. The van der Waals surface area contributed by atoms with Gasteiger partial charge in [0.25, 0.3) is 0 Å². The molecule has 122 valence electrons. The van der Waals surface area contributed by atoms with Crippen molar-refractivity contribution in [3.05, 3.63) is 29.8 Å². The minimum Gasteiger partial charge on any atom is -0.508 e. The fourth-order valence-electron chi connectivity index (χ4n) is 2.94. The lowest BCUT2D eigenvalue weighted by molar-refractivity contribution is 0.266. The van der Waals surface area contributed by atoms with E-state index in [-0.39, 0.29) is 0 Å². The van der Waals surface area contributed by atoms with Crippen molar-refractivity contribution in [1.82, 2.24) is 10.2 Å². The van der Waals surface area contributed by atoms with E-state index in [2.05, 4.69) is 24.1 Å². The van der Waals surface area contributed by atoms with Crippen LogP contribution in [0.2, 0.25) is 0 Å². The average Bonchev–Trinajstić information content (AvgIpc) is 2.52. The molecule has 1 aliphatic heterocycles. The van der Waals surface area contributed by atoms with Crippen LogP contribution < -0.4 is 5.32 Å². The number of guanidine groups is 1. The van der Waals surface area contributed by atoms with Gasteiger partial charge in [-0.3, -0.25) is 4.99 Å². The molecule has 0 amide bonds. The molecule has 1 aliphatic rings. The predicted molar refractivity (Wildman–Crippen MR) is 92.4 cm³/mol. The van der Waals surface area contributed by atoms with Crippen molar-refractivity contribution < 1.29 is 5.11 Å². The maximum atomic E-state index is 9.29. The van der Waals surface area contributed by atoms with Crippen LogP contribution in [0, 0.1) is 5.92 Å². The summed E-state index contributed by atoms with van der Waals surface area (Å²) in [6, 6.07) is 7.46. The lowest BCUT2D eigenvalue weighted by Crippen LogP contribution is -2.46. The summed E-state index contributed by atoms with van der Waals surface area (Å²) < 4.78 is 0. The monoisotopic (exact) mass is 303 g/mol. The van der Waals surface area contributed by atoms with Gasteiger partial charge in [0.15, 0.2) is 5.96 Å². The van der Waals surface area contributed by atoms with E-state index in [0.29, 0.717) is 5.75 Å². The van der Waals surface area contributed by atoms with Gasteiger partial charge < -0.3 is 15.3 Å². The fourth-order valence-corrected chi connectivity index (χ4v) is 2.94. The van der Waals surface area contributed by atoms with Crippen LogP contribution >= 0.6 is 0 Å². The molecule has 1 unspecified atom stereocenters. The lowest BCUT2D eigenvalue weighted by atomic mass is 10.0. The number of nitrogens with zero attached hydrogens (tertiary/aromatic N) is 2. The minimum absolute atomic E-state index is 0.329. The molecule has 22 heavy (non-hydrogen) atoms. The standard InChI is InChI=1S/C18H29N3O/c1-3-19-18(21-13-5-6-15(2)14-21)20-12-4-7-16-8-10-17(22)11-9-16/h8-11,15,22H,3-7,12-14H2,1-2H3,(H,19,20). The summed E-state index contributed by atoms with van der Waals surface area (Å²) in [4.78, 5) is 7.19. The van der Waals surface area contributed by atoms with Gasteiger partial charge in [-0.2, -0.15) is 0 Å². The van der Waals surface area contributed by atoms with Gasteiger partial charge in [0.05, 0.1) is 0 Å². The molecule has 0 spiro atoms. The molecule has 1 aromatic carbocycles. The second-order valence-electron chi connectivity index (χ2n) is 6.20. The summed E-state index contributed by atoms with van der Waals surface area (Å²) >= 11 is 0. The number of rotatable bonds is 5. The van der Waals surface area contributed by atoms with Crippen LogP contribution in [0.25, 0.3) is 0 Å². The third-order valence-electron chi connectivity index (χ3n) is 4.11. The zero-order valence-corrected chi connectivity index (χ0v) is 13.9. The molecular weight excluding hydrogens is 274 g/mol. The molecule has 0 aromatic heterocycles. The van der Waals surface area contributed by atoms with Gasteiger partial charge in [0, 0.05) is 26.2 Å². The smallest absolute Gasteiger partial charge is 0.193 e. The van der Waals surface area contributed by atoms with Crippen molar-refractivity contribution in [2.45, 2.75) is 39.5 Å². The Labute approximate surface area is 134 Å². The molecule has 1 heterocycles. The third kappa shape index (κ3) is 5.24. The Balaban J connectivity index is 1.83. The van der Waals surface area contributed by atoms with Crippen molar-refractivity contribution in [3.8, 4) is 5.75 Å². The van der Waals surface area contributed by atoms with E-state index in [4.69, 9.17) is 4.99 Å². The number of benzene rings is 1. The number of nitrogens with one attached hydrogen (secondary N) is 1. The van der Waals surface area contributed by atoms with E-state index >= 15 is 0 Å². The Morgan fingerprint density at radius 3 is 2.82 bits per heavy atom. The van der Waals surface area contributed by atoms with Crippen LogP contribution in [0.5, 0.6) is 5.75 Å². The molecule has 4 nitrogen and oxygen atoms in total. The molecule has 0 aliphatic carbocycles. The molecule has 2 rings (SSSR count). The molecule has 2 N–H and O–H groups in total. The summed E-state index contributed by atoms with van der Waals surface area (Å²) in [5.41, 5.74) is 1.25. The fraction of sp³-hybridized carbons (Fsp3) is 0.611. The number of hydrogen-bond acceptors (Lipinski definition) is 2. The quantitative estimate of drug-likeness (QED) is 0.499. The molecule has 0 saturated carbocycles. The van der Waals surface area contributed by atoms with Gasteiger partial charge in [0.1, 0.15) is 5.75 Å². The van der Waals surface area contributed by atoms with E-state index in [0.717, 1.165) is 50.9 Å². The Morgan fingerprint density at radius 2 is 2.14 bits per heavy atom. The number of likely N-dealkylation sites (tertiary alicyclic amines) is 1. The van der Waals surface area contributed by atoms with Crippen LogP contribution in [-0.2, 0) is 6.42 Å². The first-order valence-corrected chi connectivity index (χ1v) is 8.50. The molecule has 0 bridgehead atoms. The molecule has 1 saturated heterocycles. The van der Waals surface area contributed by atoms with Crippen LogP contribution in [0.3, 0.4) is 0 Å². The Hall–Kier alpha value is -1.71. The van der Waals surface area contributed by atoms with Gasteiger partial charge in [-0.1, -0.05) is 19.1 Å². The SMILES string of the molecule is CCNC(=NCCCc1ccc(O)cc1)N1CCCC(C)C1. The van der Waals surface area contributed by atoms with Crippen molar-refractivity contribution in [3.63, 3.8) is 0 Å². The van der Waals surface area contributed by atoms with Crippen molar-refractivity contribution in [2.24, 2.45) is 10.9 Å². The molecule has 1 fully saturated rings. The Kier molecular flexibility index (Phi) is 6.56. The number of phenolic OH excluding ortho intramolecular Hbond substituents is 1. The lowest BCUT2D eigenvalue weighted by Gasteiger charge is -2.33. The molecule has 1 aromatic rings. The minimum atomic E-state index is 0.329. The van der Waals surface area contributed by atoms with E-state index < -0.39 is 0 Å². The molecule has 1 atom stereocenters. The van der Waals surface area contributed by atoms with Gasteiger partial charge in [-0.05, 0) is 56.2 Å². The zero-order chi connectivity index (χ0) is 15.8. The molecule has 4 heteroatoms. The number of aliphatic imine (C=N–C) groups is 1. The van der Waals surface area contributed by atoms with E-state index in [9.17, 15) is 5.11 Å². The number of phenols is 1. The van der Waals surface area contributed by atoms with Gasteiger partial charge in [0.2, 0.25) is 0 Å². The van der Waals surface area contributed by atoms with Crippen LogP contribution in [-0.4, -0.2) is 42.1 Å². The molecule has 0 radical (unpaired) electrons.